The van der Waals surface area contributed by atoms with Gasteiger partial charge in [-0.05, 0) is 93.6 Å². The van der Waals surface area contributed by atoms with Gasteiger partial charge in [0.05, 0.1) is 27.8 Å². The van der Waals surface area contributed by atoms with Gasteiger partial charge in [-0.3, -0.25) is 4.31 Å². The summed E-state index contributed by atoms with van der Waals surface area (Å²) in [6.45, 7) is 3.62. The van der Waals surface area contributed by atoms with Crippen LogP contribution in [0.25, 0.3) is 11.6 Å². The molecule has 0 bridgehead atoms. The van der Waals surface area contributed by atoms with E-state index in [2.05, 4.69) is 4.74 Å². The Morgan fingerprint density at radius 2 is 1.93 bits per heavy atom. The number of aliphatic hydroxyl groups is 1. The van der Waals surface area contributed by atoms with Crippen molar-refractivity contribution in [1.29, 1.82) is 0 Å². The lowest BCUT2D eigenvalue weighted by Crippen LogP contribution is -2.44. The van der Waals surface area contributed by atoms with Crippen LogP contribution >= 0.6 is 11.6 Å². The van der Waals surface area contributed by atoms with E-state index >= 15 is 0 Å². The number of ether oxygens (including phenoxy) is 2. The van der Waals surface area contributed by atoms with Crippen molar-refractivity contribution in [2.45, 2.75) is 63.7 Å². The number of fused-ring (bicyclic) bond motifs is 1. The second-order valence-corrected chi connectivity index (χ2v) is 12.9. The first-order chi connectivity index (χ1) is 19.2. The van der Waals surface area contributed by atoms with Crippen molar-refractivity contribution in [2.24, 2.45) is 0 Å². The Bertz CT molecular complexity index is 1550. The average molecular weight is 610 g/mol. The number of hydrogen-bond donors (Lipinski definition) is 1. The Hall–Kier alpha value is -3.21. The average Bonchev–Trinajstić information content (AvgIpc) is 2.87. The van der Waals surface area contributed by atoms with Crippen LogP contribution in [0.3, 0.4) is 0 Å². The standard InChI is InChI=1S/C30H31ClF3NO5S/c1-18-14-27-26(15-20(18)13-19(2)28-24(31)9-6-10-25(28)32)35(17-22(39-27)11-12-30(3,4)36)41(37,38)23-8-5-7-21(16-23)40-29(33)34/h5-10,13-16,22,29,36H,11-12,17H2,1-4H3. The maximum atomic E-state index is 14.6. The van der Waals surface area contributed by atoms with Gasteiger partial charge in [0.15, 0.2) is 0 Å². The maximum Gasteiger partial charge on any atom is 0.387 e. The van der Waals surface area contributed by atoms with Crippen molar-refractivity contribution >= 4 is 39.0 Å². The van der Waals surface area contributed by atoms with Crippen LogP contribution in [0.5, 0.6) is 11.5 Å². The molecule has 0 fully saturated rings. The first-order valence-corrected chi connectivity index (χ1v) is 14.7. The van der Waals surface area contributed by atoms with Crippen molar-refractivity contribution in [3.05, 3.63) is 82.1 Å². The quantitative estimate of drug-likeness (QED) is 0.255. The molecule has 41 heavy (non-hydrogen) atoms. The highest BCUT2D eigenvalue weighted by atomic mass is 35.5. The van der Waals surface area contributed by atoms with Crippen molar-refractivity contribution in [3.63, 3.8) is 0 Å². The zero-order valence-corrected chi connectivity index (χ0v) is 24.6. The number of halogens is 4. The Labute approximate surface area is 243 Å². The van der Waals surface area contributed by atoms with Crippen LogP contribution in [0.15, 0.2) is 59.5 Å². The largest absolute Gasteiger partial charge is 0.486 e. The van der Waals surface area contributed by atoms with E-state index in [-0.39, 0.29) is 33.5 Å². The molecule has 0 spiro atoms. The normalized spacial score (nSPS) is 16.0. The Morgan fingerprint density at radius 3 is 2.59 bits per heavy atom. The predicted octanol–water partition coefficient (Wildman–Crippen LogP) is 7.46. The highest BCUT2D eigenvalue weighted by Crippen LogP contribution is 2.41. The van der Waals surface area contributed by atoms with Gasteiger partial charge in [-0.2, -0.15) is 8.78 Å². The molecule has 0 saturated carbocycles. The molecule has 4 rings (SSSR count). The molecule has 0 aliphatic carbocycles. The summed E-state index contributed by atoms with van der Waals surface area (Å²) < 4.78 is 80.0. The third kappa shape index (κ3) is 7.17. The number of benzene rings is 3. The molecule has 1 aliphatic rings. The summed E-state index contributed by atoms with van der Waals surface area (Å²) in [6.07, 6.45) is 1.82. The fourth-order valence-corrected chi connectivity index (χ4v) is 6.49. The highest BCUT2D eigenvalue weighted by Gasteiger charge is 2.36. The van der Waals surface area contributed by atoms with Crippen molar-refractivity contribution in [3.8, 4) is 11.5 Å². The molecule has 1 heterocycles. The van der Waals surface area contributed by atoms with Gasteiger partial charge in [0, 0.05) is 11.6 Å². The predicted molar refractivity (Wildman–Crippen MR) is 154 cm³/mol. The Kier molecular flexibility index (Phi) is 8.96. The van der Waals surface area contributed by atoms with Crippen LogP contribution in [-0.2, 0) is 10.0 Å². The molecule has 1 atom stereocenters. The van der Waals surface area contributed by atoms with Crippen LogP contribution in [0, 0.1) is 12.7 Å². The molecule has 1 N–H and O–H groups in total. The van der Waals surface area contributed by atoms with Gasteiger partial charge < -0.3 is 14.6 Å². The van der Waals surface area contributed by atoms with Gasteiger partial charge in [0.25, 0.3) is 10.0 Å². The van der Waals surface area contributed by atoms with Crippen LogP contribution in [0.2, 0.25) is 5.02 Å². The van der Waals surface area contributed by atoms with E-state index < -0.39 is 34.2 Å². The first-order valence-electron chi connectivity index (χ1n) is 12.9. The van der Waals surface area contributed by atoms with Crippen LogP contribution in [0.4, 0.5) is 18.9 Å². The molecule has 0 radical (unpaired) electrons. The lowest BCUT2D eigenvalue weighted by atomic mass is 9.98. The van der Waals surface area contributed by atoms with Gasteiger partial charge in [-0.25, -0.2) is 12.8 Å². The molecule has 1 aliphatic heterocycles. The molecule has 220 valence electrons. The van der Waals surface area contributed by atoms with E-state index in [4.69, 9.17) is 16.3 Å². The molecule has 11 heteroatoms. The van der Waals surface area contributed by atoms with E-state index in [1.165, 1.54) is 34.6 Å². The Morgan fingerprint density at radius 1 is 1.22 bits per heavy atom. The molecule has 3 aromatic carbocycles. The number of nitrogens with zero attached hydrogens (tertiary/aromatic N) is 1. The van der Waals surface area contributed by atoms with Crippen LogP contribution in [-0.4, -0.2) is 38.4 Å². The van der Waals surface area contributed by atoms with E-state index in [0.29, 0.717) is 29.7 Å². The number of allylic oxidation sites excluding steroid dienone is 1. The number of sulfonamides is 1. The summed E-state index contributed by atoms with van der Waals surface area (Å²) in [6, 6.07) is 12.6. The summed E-state index contributed by atoms with van der Waals surface area (Å²) in [5, 5.41) is 10.5. The van der Waals surface area contributed by atoms with Crippen molar-refractivity contribution in [2.75, 3.05) is 10.8 Å². The lowest BCUT2D eigenvalue weighted by molar-refractivity contribution is -0.0500. The summed E-state index contributed by atoms with van der Waals surface area (Å²) in [4.78, 5) is -0.239. The van der Waals surface area contributed by atoms with Crippen molar-refractivity contribution < 1.29 is 36.2 Å². The minimum absolute atomic E-state index is 0.0876. The van der Waals surface area contributed by atoms with Crippen molar-refractivity contribution in [1.82, 2.24) is 0 Å². The molecule has 0 saturated heterocycles. The molecule has 3 aromatic rings. The summed E-state index contributed by atoms with van der Waals surface area (Å²) in [7, 11) is -4.28. The zero-order chi connectivity index (χ0) is 30.1. The van der Waals surface area contributed by atoms with Gasteiger partial charge in [-0.1, -0.05) is 29.8 Å². The van der Waals surface area contributed by atoms with E-state index in [0.717, 1.165) is 11.6 Å². The number of rotatable bonds is 9. The van der Waals surface area contributed by atoms with Crippen LogP contribution < -0.4 is 13.8 Å². The maximum absolute atomic E-state index is 14.6. The third-order valence-corrected chi connectivity index (χ3v) is 8.80. The molecular formula is C30H31ClF3NO5S. The summed E-state index contributed by atoms with van der Waals surface area (Å²) in [5.74, 6) is -0.482. The monoisotopic (exact) mass is 609 g/mol. The summed E-state index contributed by atoms with van der Waals surface area (Å²) >= 11 is 6.26. The lowest BCUT2D eigenvalue weighted by Gasteiger charge is -2.37. The molecule has 0 aromatic heterocycles. The smallest absolute Gasteiger partial charge is 0.387 e. The van der Waals surface area contributed by atoms with Gasteiger partial charge in [0.1, 0.15) is 23.4 Å². The van der Waals surface area contributed by atoms with Gasteiger partial charge in [-0.15, -0.1) is 0 Å². The van der Waals surface area contributed by atoms with E-state index in [1.807, 2.05) is 6.92 Å². The van der Waals surface area contributed by atoms with Crippen LogP contribution in [0.1, 0.15) is 50.3 Å². The topological polar surface area (TPSA) is 76.1 Å². The minimum atomic E-state index is -4.28. The fourth-order valence-electron chi connectivity index (χ4n) is 4.64. The molecule has 6 nitrogen and oxygen atoms in total. The molecule has 1 unspecified atom stereocenters. The summed E-state index contributed by atoms with van der Waals surface area (Å²) in [5.41, 5.74) is 1.34. The van der Waals surface area contributed by atoms with Gasteiger partial charge in [0.2, 0.25) is 0 Å². The number of hydrogen-bond acceptors (Lipinski definition) is 5. The van der Waals surface area contributed by atoms with E-state index in [1.54, 1.807) is 45.0 Å². The number of alkyl halides is 2. The second kappa shape index (κ2) is 12.0. The SMILES string of the molecule is CC(=Cc1cc2c(cc1C)OC(CCC(C)(C)O)CN2S(=O)(=O)c1cccc(OC(F)F)c1)c1c(F)cccc1Cl. The molecular weight excluding hydrogens is 579 g/mol. The van der Waals surface area contributed by atoms with E-state index in [9.17, 15) is 26.7 Å². The first kappa shape index (κ1) is 30.7. The Balaban J connectivity index is 1.81. The van der Waals surface area contributed by atoms with Gasteiger partial charge >= 0.3 is 6.61 Å². The molecule has 0 amide bonds. The minimum Gasteiger partial charge on any atom is -0.486 e. The number of aryl methyl sites for hydroxylation is 1. The number of anilines is 1. The zero-order valence-electron chi connectivity index (χ0n) is 23.0. The fraction of sp³-hybridized carbons (Fsp3) is 0.333. The third-order valence-electron chi connectivity index (χ3n) is 6.71. The highest BCUT2D eigenvalue weighted by molar-refractivity contribution is 7.92. The second-order valence-electron chi connectivity index (χ2n) is 10.6.